The summed E-state index contributed by atoms with van der Waals surface area (Å²) in [5.41, 5.74) is -0.153. The molecule has 0 aliphatic heterocycles. The smallest absolute Gasteiger partial charge is 0.309 e. The van der Waals surface area contributed by atoms with E-state index in [2.05, 4.69) is 15.9 Å². The summed E-state index contributed by atoms with van der Waals surface area (Å²) in [6, 6.07) is 0. The standard InChI is InChI=1S/C11H19BrO2/c1-5-14-10(13)9(2)11(3,4)7-6-8-12/h6-7,9H,5,8H2,1-4H3/b7-6+. The fourth-order valence-electron chi connectivity index (χ4n) is 1.06. The maximum absolute atomic E-state index is 11.5. The second kappa shape index (κ2) is 6.23. The number of alkyl halides is 1. The molecule has 0 aromatic carbocycles. The first kappa shape index (κ1) is 13.7. The zero-order chi connectivity index (χ0) is 11.2. The first-order valence-electron chi connectivity index (χ1n) is 4.86. The van der Waals surface area contributed by atoms with Gasteiger partial charge in [-0.3, -0.25) is 4.79 Å². The summed E-state index contributed by atoms with van der Waals surface area (Å²) in [5, 5.41) is 0.811. The van der Waals surface area contributed by atoms with Crippen LogP contribution in [0.4, 0.5) is 0 Å². The van der Waals surface area contributed by atoms with E-state index in [0.717, 1.165) is 5.33 Å². The Morgan fingerprint density at radius 1 is 1.57 bits per heavy atom. The molecule has 0 amide bonds. The van der Waals surface area contributed by atoms with E-state index in [1.165, 1.54) is 0 Å². The van der Waals surface area contributed by atoms with Gasteiger partial charge in [0.2, 0.25) is 0 Å². The number of halogens is 1. The topological polar surface area (TPSA) is 26.3 Å². The highest BCUT2D eigenvalue weighted by Crippen LogP contribution is 2.29. The fourth-order valence-corrected chi connectivity index (χ4v) is 1.25. The van der Waals surface area contributed by atoms with Crippen molar-refractivity contribution >= 4 is 21.9 Å². The average molecular weight is 263 g/mol. The summed E-state index contributed by atoms with van der Waals surface area (Å²) in [7, 11) is 0. The lowest BCUT2D eigenvalue weighted by Gasteiger charge is -2.26. The lowest BCUT2D eigenvalue weighted by Crippen LogP contribution is -2.28. The maximum Gasteiger partial charge on any atom is 0.309 e. The van der Waals surface area contributed by atoms with E-state index in [4.69, 9.17) is 4.74 Å². The molecule has 1 unspecified atom stereocenters. The molecule has 0 heterocycles. The minimum absolute atomic E-state index is 0.113. The molecule has 82 valence electrons. The summed E-state index contributed by atoms with van der Waals surface area (Å²) in [6.07, 6.45) is 4.05. The van der Waals surface area contributed by atoms with Gasteiger partial charge in [-0.05, 0) is 12.3 Å². The Balaban J connectivity index is 4.40. The van der Waals surface area contributed by atoms with Crippen molar-refractivity contribution in [2.45, 2.75) is 27.7 Å². The second-order valence-corrected chi connectivity index (χ2v) is 4.50. The fraction of sp³-hybridized carbons (Fsp3) is 0.727. The molecule has 0 N–H and O–H groups in total. The van der Waals surface area contributed by atoms with E-state index >= 15 is 0 Å². The molecule has 0 aliphatic carbocycles. The van der Waals surface area contributed by atoms with Gasteiger partial charge in [-0.2, -0.15) is 0 Å². The van der Waals surface area contributed by atoms with Crippen molar-refractivity contribution < 1.29 is 9.53 Å². The summed E-state index contributed by atoms with van der Waals surface area (Å²) in [6.45, 7) is 8.24. The molecule has 1 atom stereocenters. The Morgan fingerprint density at radius 2 is 2.14 bits per heavy atom. The Labute approximate surface area is 94.8 Å². The van der Waals surface area contributed by atoms with Crippen LogP contribution in [-0.2, 0) is 9.53 Å². The van der Waals surface area contributed by atoms with E-state index in [9.17, 15) is 4.79 Å². The highest BCUT2D eigenvalue weighted by molar-refractivity contribution is 9.09. The van der Waals surface area contributed by atoms with Gasteiger partial charge in [0.05, 0.1) is 12.5 Å². The molecule has 2 nitrogen and oxygen atoms in total. The first-order chi connectivity index (χ1) is 6.45. The van der Waals surface area contributed by atoms with E-state index in [1.54, 1.807) is 0 Å². The van der Waals surface area contributed by atoms with Crippen LogP contribution in [-0.4, -0.2) is 17.9 Å². The van der Waals surface area contributed by atoms with Crippen molar-refractivity contribution in [1.29, 1.82) is 0 Å². The van der Waals surface area contributed by atoms with Crippen molar-refractivity contribution in [3.05, 3.63) is 12.2 Å². The molecule has 0 fully saturated rings. The first-order valence-corrected chi connectivity index (χ1v) is 5.98. The summed E-state index contributed by atoms with van der Waals surface area (Å²) in [4.78, 5) is 11.5. The van der Waals surface area contributed by atoms with Crippen LogP contribution in [0.3, 0.4) is 0 Å². The van der Waals surface area contributed by atoms with Crippen molar-refractivity contribution in [3.8, 4) is 0 Å². The average Bonchev–Trinajstić information content (AvgIpc) is 2.14. The molecule has 0 saturated heterocycles. The highest BCUT2D eigenvalue weighted by Gasteiger charge is 2.29. The van der Waals surface area contributed by atoms with Crippen LogP contribution in [0.2, 0.25) is 0 Å². The van der Waals surface area contributed by atoms with Crippen LogP contribution in [0.1, 0.15) is 27.7 Å². The highest BCUT2D eigenvalue weighted by atomic mass is 79.9. The van der Waals surface area contributed by atoms with Crippen LogP contribution in [0.15, 0.2) is 12.2 Å². The largest absolute Gasteiger partial charge is 0.466 e. The Hall–Kier alpha value is -0.310. The number of hydrogen-bond acceptors (Lipinski definition) is 2. The lowest BCUT2D eigenvalue weighted by molar-refractivity contribution is -0.150. The van der Waals surface area contributed by atoms with E-state index < -0.39 is 0 Å². The molecule has 0 spiro atoms. The third kappa shape index (κ3) is 4.27. The third-order valence-electron chi connectivity index (χ3n) is 2.39. The monoisotopic (exact) mass is 262 g/mol. The normalized spacial score (nSPS) is 14.4. The predicted molar refractivity (Wildman–Crippen MR) is 62.5 cm³/mol. The molecule has 0 bridgehead atoms. The van der Waals surface area contributed by atoms with Gasteiger partial charge in [-0.15, -0.1) is 0 Å². The number of rotatable bonds is 5. The quantitative estimate of drug-likeness (QED) is 0.432. The van der Waals surface area contributed by atoms with Crippen LogP contribution in [0.25, 0.3) is 0 Å². The molecular formula is C11H19BrO2. The molecule has 0 aromatic rings. The molecule has 0 radical (unpaired) electrons. The van der Waals surface area contributed by atoms with Crippen LogP contribution in [0.5, 0.6) is 0 Å². The predicted octanol–water partition coefficient (Wildman–Crippen LogP) is 3.16. The van der Waals surface area contributed by atoms with Crippen molar-refractivity contribution in [2.75, 3.05) is 11.9 Å². The SMILES string of the molecule is CCOC(=O)C(C)C(C)(C)/C=C/CBr. The van der Waals surface area contributed by atoms with Gasteiger partial charge in [0.1, 0.15) is 0 Å². The van der Waals surface area contributed by atoms with Crippen molar-refractivity contribution in [1.82, 2.24) is 0 Å². The Kier molecular flexibility index (Phi) is 6.09. The van der Waals surface area contributed by atoms with Crippen molar-refractivity contribution in [2.24, 2.45) is 11.3 Å². The summed E-state index contributed by atoms with van der Waals surface area (Å²) in [5.74, 6) is -0.241. The molecule has 0 rings (SSSR count). The van der Waals surface area contributed by atoms with Gasteiger partial charge < -0.3 is 4.74 Å². The number of ether oxygens (including phenoxy) is 1. The van der Waals surface area contributed by atoms with Gasteiger partial charge in [0.25, 0.3) is 0 Å². The van der Waals surface area contributed by atoms with E-state index in [1.807, 2.05) is 39.8 Å². The Morgan fingerprint density at radius 3 is 2.57 bits per heavy atom. The number of carbonyl (C=O) groups excluding carboxylic acids is 1. The molecule has 0 saturated carbocycles. The summed E-state index contributed by atoms with van der Waals surface area (Å²) < 4.78 is 4.99. The minimum atomic E-state index is -0.153. The summed E-state index contributed by atoms with van der Waals surface area (Å²) >= 11 is 3.32. The van der Waals surface area contributed by atoms with Gasteiger partial charge in [0, 0.05) is 5.33 Å². The van der Waals surface area contributed by atoms with Gasteiger partial charge in [-0.1, -0.05) is 48.9 Å². The van der Waals surface area contributed by atoms with Crippen molar-refractivity contribution in [3.63, 3.8) is 0 Å². The third-order valence-corrected chi connectivity index (χ3v) is 2.77. The number of esters is 1. The van der Waals surface area contributed by atoms with Crippen LogP contribution < -0.4 is 0 Å². The maximum atomic E-state index is 11.5. The molecule has 14 heavy (non-hydrogen) atoms. The number of hydrogen-bond donors (Lipinski definition) is 0. The molecule has 0 aliphatic rings. The van der Waals surface area contributed by atoms with Crippen LogP contribution in [0, 0.1) is 11.3 Å². The molecule has 0 aromatic heterocycles. The number of carbonyl (C=O) groups is 1. The minimum Gasteiger partial charge on any atom is -0.466 e. The zero-order valence-electron chi connectivity index (χ0n) is 9.34. The van der Waals surface area contributed by atoms with E-state index in [-0.39, 0.29) is 17.3 Å². The van der Waals surface area contributed by atoms with Gasteiger partial charge >= 0.3 is 5.97 Å². The van der Waals surface area contributed by atoms with Gasteiger partial charge in [-0.25, -0.2) is 0 Å². The van der Waals surface area contributed by atoms with E-state index in [0.29, 0.717) is 6.61 Å². The molecular weight excluding hydrogens is 244 g/mol. The van der Waals surface area contributed by atoms with Crippen LogP contribution >= 0.6 is 15.9 Å². The zero-order valence-corrected chi connectivity index (χ0v) is 10.9. The second-order valence-electron chi connectivity index (χ2n) is 3.85. The molecule has 3 heteroatoms. The number of allylic oxidation sites excluding steroid dienone is 2. The lowest BCUT2D eigenvalue weighted by atomic mass is 9.80. The van der Waals surface area contributed by atoms with Gasteiger partial charge in [0.15, 0.2) is 0 Å². The Bertz CT molecular complexity index is 209.